The number of piperidine rings is 1. The van der Waals surface area contributed by atoms with Crippen LogP contribution in [0.3, 0.4) is 0 Å². The molecular weight excluding hydrogens is 334 g/mol. The molecule has 25 heavy (non-hydrogen) atoms. The third-order valence-corrected chi connectivity index (χ3v) is 6.41. The molecule has 1 atom stereocenters. The molecule has 2 fully saturated rings. The molecule has 0 saturated carbocycles. The zero-order valence-electron chi connectivity index (χ0n) is 14.5. The third kappa shape index (κ3) is 3.38. The van der Waals surface area contributed by atoms with Gasteiger partial charge in [0.2, 0.25) is 5.95 Å². The largest absolute Gasteiger partial charge is 0.341 e. The molecule has 2 aromatic heterocycles. The molecule has 0 aromatic carbocycles. The Kier molecular flexibility index (Phi) is 4.65. The fraction of sp³-hybridized carbons (Fsp3) is 0.556. The first-order valence-electron chi connectivity index (χ1n) is 8.93. The zero-order chi connectivity index (χ0) is 17.2. The van der Waals surface area contributed by atoms with E-state index in [0.29, 0.717) is 11.8 Å². The molecule has 2 aromatic rings. The maximum Gasteiger partial charge on any atom is 0.265 e. The van der Waals surface area contributed by atoms with Gasteiger partial charge in [0.05, 0.1) is 11.2 Å². The topological polar surface area (TPSA) is 62.2 Å². The van der Waals surface area contributed by atoms with Crippen molar-refractivity contribution in [3.8, 4) is 0 Å². The summed E-state index contributed by atoms with van der Waals surface area (Å²) in [6.45, 7) is 5.70. The van der Waals surface area contributed by atoms with Crippen molar-refractivity contribution >= 4 is 23.2 Å². The second kappa shape index (κ2) is 7.07. The molecule has 4 heterocycles. The fourth-order valence-corrected chi connectivity index (χ4v) is 4.80. The first-order valence-corrected chi connectivity index (χ1v) is 9.81. The Labute approximate surface area is 151 Å². The fourth-order valence-electron chi connectivity index (χ4n) is 4.03. The van der Waals surface area contributed by atoms with Crippen molar-refractivity contribution < 1.29 is 4.79 Å². The second-order valence-electron chi connectivity index (χ2n) is 6.94. The number of nitrogens with zero attached hydrogens (tertiary/aromatic N) is 5. The Bertz CT molecular complexity index is 726. The van der Waals surface area contributed by atoms with Crippen molar-refractivity contribution in [2.24, 2.45) is 11.8 Å². The van der Waals surface area contributed by atoms with Crippen LogP contribution in [0.4, 0.5) is 5.95 Å². The zero-order valence-corrected chi connectivity index (χ0v) is 15.3. The Hall–Kier alpha value is -2.02. The van der Waals surface area contributed by atoms with Crippen LogP contribution >= 0.6 is 11.3 Å². The number of likely N-dealkylation sites (tertiary alicyclic amines) is 1. The summed E-state index contributed by atoms with van der Waals surface area (Å²) in [5.41, 5.74) is 2.62. The minimum absolute atomic E-state index is 0.164. The van der Waals surface area contributed by atoms with Gasteiger partial charge in [-0.15, -0.1) is 11.3 Å². The van der Waals surface area contributed by atoms with Crippen LogP contribution in [0.2, 0.25) is 0 Å². The molecule has 0 unspecified atom stereocenters. The number of carbonyl (C=O) groups excluding carboxylic acids is 1. The lowest BCUT2D eigenvalue weighted by Gasteiger charge is -2.34. The number of anilines is 1. The van der Waals surface area contributed by atoms with Crippen molar-refractivity contribution in [2.75, 3.05) is 31.1 Å². The van der Waals surface area contributed by atoms with Gasteiger partial charge in [0.25, 0.3) is 5.91 Å². The van der Waals surface area contributed by atoms with Crippen molar-refractivity contribution in [3.05, 3.63) is 34.5 Å². The standard InChI is InChI=1S/C18H23N5OS/c1-13-16(25-12-21-13)17(24)23-10-5-15(11-23)14-3-8-22(9-4-14)18-19-6-2-7-20-18/h2,6-7,12,14-15H,3-5,8-11H2,1H3/t15-/m1/s1. The first-order chi connectivity index (χ1) is 12.2. The quantitative estimate of drug-likeness (QED) is 0.845. The maximum absolute atomic E-state index is 12.7. The van der Waals surface area contributed by atoms with Gasteiger partial charge in [-0.25, -0.2) is 15.0 Å². The summed E-state index contributed by atoms with van der Waals surface area (Å²) in [6, 6.07) is 1.85. The Morgan fingerprint density at radius 1 is 1.08 bits per heavy atom. The number of aryl methyl sites for hydroxylation is 1. The van der Waals surface area contributed by atoms with Gasteiger partial charge in [0.15, 0.2) is 0 Å². The summed E-state index contributed by atoms with van der Waals surface area (Å²) in [4.78, 5) is 30.7. The minimum Gasteiger partial charge on any atom is -0.341 e. The highest BCUT2D eigenvalue weighted by Crippen LogP contribution is 2.33. The SMILES string of the molecule is Cc1ncsc1C(=O)N1CC[C@@H](C2CCN(c3ncccn3)CC2)C1. The number of carbonyl (C=O) groups is 1. The molecule has 2 aliphatic rings. The summed E-state index contributed by atoms with van der Waals surface area (Å²) < 4.78 is 0. The van der Waals surface area contributed by atoms with E-state index in [0.717, 1.165) is 62.0 Å². The summed E-state index contributed by atoms with van der Waals surface area (Å²) >= 11 is 1.46. The molecule has 0 radical (unpaired) electrons. The Morgan fingerprint density at radius 3 is 2.48 bits per heavy atom. The van der Waals surface area contributed by atoms with Crippen molar-refractivity contribution in [1.29, 1.82) is 0 Å². The van der Waals surface area contributed by atoms with Gasteiger partial charge in [0, 0.05) is 38.6 Å². The number of hydrogen-bond donors (Lipinski definition) is 0. The lowest BCUT2D eigenvalue weighted by molar-refractivity contribution is 0.0784. The maximum atomic E-state index is 12.7. The molecule has 7 heteroatoms. The Balaban J connectivity index is 1.33. The Morgan fingerprint density at radius 2 is 1.80 bits per heavy atom. The highest BCUT2D eigenvalue weighted by molar-refractivity contribution is 7.11. The van der Waals surface area contributed by atoms with Gasteiger partial charge >= 0.3 is 0 Å². The molecule has 2 aliphatic heterocycles. The number of thiazole rings is 1. The van der Waals surface area contributed by atoms with Crippen molar-refractivity contribution in [3.63, 3.8) is 0 Å². The first kappa shape index (κ1) is 16.4. The lowest BCUT2D eigenvalue weighted by Crippen LogP contribution is -2.38. The number of amides is 1. The van der Waals surface area contributed by atoms with Crippen LogP contribution in [0.5, 0.6) is 0 Å². The van der Waals surface area contributed by atoms with Crippen LogP contribution in [-0.4, -0.2) is 51.9 Å². The number of rotatable bonds is 3. The van der Waals surface area contributed by atoms with Crippen molar-refractivity contribution in [2.45, 2.75) is 26.2 Å². The van der Waals surface area contributed by atoms with Crippen LogP contribution in [0, 0.1) is 18.8 Å². The summed E-state index contributed by atoms with van der Waals surface area (Å²) in [5.74, 6) is 2.32. The predicted molar refractivity (Wildman–Crippen MR) is 97.8 cm³/mol. The molecule has 0 spiro atoms. The monoisotopic (exact) mass is 357 g/mol. The molecule has 6 nitrogen and oxygen atoms in total. The van der Waals surface area contributed by atoms with E-state index < -0.39 is 0 Å². The molecule has 132 valence electrons. The number of aromatic nitrogens is 3. The third-order valence-electron chi connectivity index (χ3n) is 5.49. The van der Waals surface area contributed by atoms with E-state index in [1.54, 1.807) is 17.9 Å². The van der Waals surface area contributed by atoms with E-state index in [-0.39, 0.29) is 5.91 Å². The molecule has 0 N–H and O–H groups in total. The highest BCUT2D eigenvalue weighted by atomic mass is 32.1. The van der Waals surface area contributed by atoms with E-state index in [9.17, 15) is 4.79 Å². The minimum atomic E-state index is 0.164. The van der Waals surface area contributed by atoms with Crippen LogP contribution in [0.25, 0.3) is 0 Å². The van der Waals surface area contributed by atoms with Gasteiger partial charge in [0.1, 0.15) is 4.88 Å². The summed E-state index contributed by atoms with van der Waals surface area (Å²) in [6.07, 6.45) is 7.04. The van der Waals surface area contributed by atoms with Gasteiger partial charge in [-0.3, -0.25) is 4.79 Å². The molecule has 4 rings (SSSR count). The van der Waals surface area contributed by atoms with Gasteiger partial charge in [-0.05, 0) is 44.1 Å². The van der Waals surface area contributed by atoms with E-state index in [1.807, 2.05) is 17.9 Å². The summed E-state index contributed by atoms with van der Waals surface area (Å²) in [5, 5.41) is 0. The summed E-state index contributed by atoms with van der Waals surface area (Å²) in [7, 11) is 0. The van der Waals surface area contributed by atoms with Gasteiger partial charge < -0.3 is 9.80 Å². The van der Waals surface area contributed by atoms with Crippen LogP contribution in [0.15, 0.2) is 24.0 Å². The van der Waals surface area contributed by atoms with Crippen LogP contribution < -0.4 is 4.90 Å². The van der Waals surface area contributed by atoms with E-state index in [2.05, 4.69) is 19.9 Å². The second-order valence-corrected chi connectivity index (χ2v) is 7.79. The molecular formula is C18H23N5OS. The van der Waals surface area contributed by atoms with Gasteiger partial charge in [-0.2, -0.15) is 0 Å². The van der Waals surface area contributed by atoms with Crippen molar-refractivity contribution in [1.82, 2.24) is 19.9 Å². The molecule has 0 bridgehead atoms. The van der Waals surface area contributed by atoms with E-state index in [1.165, 1.54) is 11.3 Å². The van der Waals surface area contributed by atoms with E-state index in [4.69, 9.17) is 0 Å². The normalized spacial score (nSPS) is 21.7. The molecule has 2 saturated heterocycles. The highest BCUT2D eigenvalue weighted by Gasteiger charge is 2.35. The predicted octanol–water partition coefficient (Wildman–Crippen LogP) is 2.62. The van der Waals surface area contributed by atoms with Gasteiger partial charge in [-0.1, -0.05) is 0 Å². The average molecular weight is 357 g/mol. The van der Waals surface area contributed by atoms with Crippen LogP contribution in [-0.2, 0) is 0 Å². The number of hydrogen-bond acceptors (Lipinski definition) is 6. The molecule has 0 aliphatic carbocycles. The molecule has 1 amide bonds. The smallest absolute Gasteiger partial charge is 0.265 e. The average Bonchev–Trinajstić information content (AvgIpc) is 3.31. The lowest BCUT2D eigenvalue weighted by atomic mass is 9.84. The van der Waals surface area contributed by atoms with Crippen LogP contribution in [0.1, 0.15) is 34.6 Å². The van der Waals surface area contributed by atoms with E-state index >= 15 is 0 Å².